The number of imidazole rings is 1. The molecule has 7 nitrogen and oxygen atoms in total. The lowest BCUT2D eigenvalue weighted by Crippen LogP contribution is -2.16. The normalized spacial score (nSPS) is 13.2. The second-order valence-corrected chi connectivity index (χ2v) is 7.90. The SMILES string of the molecule is Cc1ccc(C)c(-n2ccnc2S(=O)(=O)C(C)c2nc(C)no2)c1. The van der Waals surface area contributed by atoms with Crippen LogP contribution in [-0.2, 0) is 9.84 Å². The molecule has 126 valence electrons. The molecule has 0 fully saturated rings. The first-order valence-corrected chi connectivity index (χ1v) is 9.00. The highest BCUT2D eigenvalue weighted by molar-refractivity contribution is 7.91. The van der Waals surface area contributed by atoms with E-state index >= 15 is 0 Å². The van der Waals surface area contributed by atoms with E-state index in [2.05, 4.69) is 15.1 Å². The smallest absolute Gasteiger partial charge is 0.245 e. The van der Waals surface area contributed by atoms with E-state index in [1.165, 1.54) is 13.1 Å². The van der Waals surface area contributed by atoms with Crippen LogP contribution >= 0.6 is 0 Å². The Morgan fingerprint density at radius 2 is 1.96 bits per heavy atom. The van der Waals surface area contributed by atoms with Crippen molar-refractivity contribution in [3.05, 3.63) is 53.4 Å². The van der Waals surface area contributed by atoms with Crippen molar-refractivity contribution >= 4 is 9.84 Å². The molecule has 0 spiro atoms. The number of hydrogen-bond acceptors (Lipinski definition) is 6. The molecule has 0 aliphatic carbocycles. The third-order valence-corrected chi connectivity index (χ3v) is 5.79. The Kier molecular flexibility index (Phi) is 4.00. The average molecular weight is 346 g/mol. The maximum absolute atomic E-state index is 13.0. The van der Waals surface area contributed by atoms with Crippen LogP contribution in [0.25, 0.3) is 5.69 Å². The number of aryl methyl sites for hydroxylation is 3. The molecule has 0 N–H and O–H groups in total. The lowest BCUT2D eigenvalue weighted by molar-refractivity contribution is 0.372. The fourth-order valence-corrected chi connectivity index (χ4v) is 3.75. The molecule has 0 aliphatic rings. The van der Waals surface area contributed by atoms with Gasteiger partial charge in [-0.1, -0.05) is 17.3 Å². The Hall–Kier alpha value is -2.48. The summed E-state index contributed by atoms with van der Waals surface area (Å²) in [7, 11) is -3.79. The third-order valence-electron chi connectivity index (χ3n) is 3.84. The van der Waals surface area contributed by atoms with Gasteiger partial charge in [-0.05, 0) is 44.9 Å². The van der Waals surface area contributed by atoms with Crippen LogP contribution in [0.4, 0.5) is 0 Å². The van der Waals surface area contributed by atoms with Crippen molar-refractivity contribution in [3.63, 3.8) is 0 Å². The highest BCUT2D eigenvalue weighted by Crippen LogP contribution is 2.29. The van der Waals surface area contributed by atoms with E-state index in [1.54, 1.807) is 17.7 Å². The molecule has 0 saturated heterocycles. The summed E-state index contributed by atoms with van der Waals surface area (Å²) in [5, 5.41) is 2.64. The number of benzene rings is 1. The molecule has 0 bridgehead atoms. The van der Waals surface area contributed by atoms with Gasteiger partial charge in [-0.15, -0.1) is 0 Å². The van der Waals surface area contributed by atoms with Gasteiger partial charge in [0.2, 0.25) is 20.9 Å². The topological polar surface area (TPSA) is 90.9 Å². The third kappa shape index (κ3) is 2.73. The van der Waals surface area contributed by atoms with Crippen LogP contribution in [0.3, 0.4) is 0 Å². The fourth-order valence-electron chi connectivity index (χ4n) is 2.43. The second kappa shape index (κ2) is 5.86. The largest absolute Gasteiger partial charge is 0.338 e. The molecule has 0 aliphatic heterocycles. The van der Waals surface area contributed by atoms with E-state index < -0.39 is 15.1 Å². The highest BCUT2D eigenvalue weighted by Gasteiger charge is 2.33. The maximum Gasteiger partial charge on any atom is 0.245 e. The molecule has 0 amide bonds. The predicted molar refractivity (Wildman–Crippen MR) is 87.7 cm³/mol. The molecular weight excluding hydrogens is 328 g/mol. The summed E-state index contributed by atoms with van der Waals surface area (Å²) in [5.41, 5.74) is 2.77. The van der Waals surface area contributed by atoms with Crippen LogP contribution in [0.5, 0.6) is 0 Å². The molecule has 3 aromatic rings. The first kappa shape index (κ1) is 16.4. The van der Waals surface area contributed by atoms with Crippen molar-refractivity contribution < 1.29 is 12.9 Å². The van der Waals surface area contributed by atoms with Crippen molar-refractivity contribution in [1.29, 1.82) is 0 Å². The highest BCUT2D eigenvalue weighted by atomic mass is 32.2. The lowest BCUT2D eigenvalue weighted by Gasteiger charge is -2.14. The summed E-state index contributed by atoms with van der Waals surface area (Å²) < 4.78 is 32.6. The van der Waals surface area contributed by atoms with Gasteiger partial charge in [0, 0.05) is 12.4 Å². The van der Waals surface area contributed by atoms with Crippen LogP contribution in [0.15, 0.2) is 40.3 Å². The quantitative estimate of drug-likeness (QED) is 0.721. The summed E-state index contributed by atoms with van der Waals surface area (Å²) >= 11 is 0. The van der Waals surface area contributed by atoms with E-state index in [9.17, 15) is 8.42 Å². The van der Waals surface area contributed by atoms with E-state index in [1.807, 2.05) is 32.0 Å². The molecule has 8 heteroatoms. The van der Waals surface area contributed by atoms with E-state index in [0.29, 0.717) is 5.82 Å². The Labute approximate surface area is 140 Å². The maximum atomic E-state index is 13.0. The zero-order chi connectivity index (χ0) is 17.5. The number of nitrogens with zero attached hydrogens (tertiary/aromatic N) is 4. The van der Waals surface area contributed by atoms with Gasteiger partial charge in [0.05, 0.1) is 5.69 Å². The predicted octanol–water partition coefficient (Wildman–Crippen LogP) is 2.72. The number of hydrogen-bond donors (Lipinski definition) is 0. The summed E-state index contributed by atoms with van der Waals surface area (Å²) in [6.45, 7) is 7.04. The van der Waals surface area contributed by atoms with Crippen LogP contribution in [0.2, 0.25) is 0 Å². The molecule has 24 heavy (non-hydrogen) atoms. The Morgan fingerprint density at radius 1 is 1.21 bits per heavy atom. The van der Waals surface area contributed by atoms with Gasteiger partial charge in [-0.2, -0.15) is 4.98 Å². The Morgan fingerprint density at radius 3 is 2.62 bits per heavy atom. The van der Waals surface area contributed by atoms with E-state index in [-0.39, 0.29) is 11.0 Å². The van der Waals surface area contributed by atoms with Gasteiger partial charge in [-0.3, -0.25) is 4.57 Å². The fraction of sp³-hybridized carbons (Fsp3) is 0.312. The summed E-state index contributed by atoms with van der Waals surface area (Å²) in [4.78, 5) is 8.10. The van der Waals surface area contributed by atoms with Crippen LogP contribution < -0.4 is 0 Å². The first-order valence-electron chi connectivity index (χ1n) is 7.46. The molecular formula is C16H18N4O3S. The second-order valence-electron chi connectivity index (χ2n) is 5.74. The lowest BCUT2D eigenvalue weighted by atomic mass is 10.1. The summed E-state index contributed by atoms with van der Waals surface area (Å²) in [5.74, 6) is 0.452. The van der Waals surface area contributed by atoms with Crippen LogP contribution in [0.1, 0.15) is 35.0 Å². The van der Waals surface area contributed by atoms with Crippen molar-refractivity contribution in [3.8, 4) is 5.69 Å². The number of sulfone groups is 1. The van der Waals surface area contributed by atoms with Crippen molar-refractivity contribution in [2.75, 3.05) is 0 Å². The summed E-state index contributed by atoms with van der Waals surface area (Å²) in [6, 6.07) is 5.86. The van der Waals surface area contributed by atoms with Gasteiger partial charge >= 0.3 is 0 Å². The number of rotatable bonds is 4. The van der Waals surface area contributed by atoms with E-state index in [0.717, 1.165) is 16.8 Å². The van der Waals surface area contributed by atoms with Crippen LogP contribution in [-0.4, -0.2) is 28.1 Å². The van der Waals surface area contributed by atoms with Crippen molar-refractivity contribution in [1.82, 2.24) is 19.7 Å². The Bertz CT molecular complexity index is 988. The molecule has 1 aromatic carbocycles. The molecule has 1 atom stereocenters. The minimum atomic E-state index is -3.79. The van der Waals surface area contributed by atoms with Gasteiger partial charge < -0.3 is 4.52 Å². The summed E-state index contributed by atoms with van der Waals surface area (Å²) in [6.07, 6.45) is 3.11. The molecule has 2 aromatic heterocycles. The van der Waals surface area contributed by atoms with Gasteiger partial charge in [0.25, 0.3) is 0 Å². The first-order chi connectivity index (χ1) is 11.3. The standard InChI is InChI=1S/C16H18N4O3S/c1-10-5-6-11(2)14(9-10)20-8-7-17-16(20)24(21,22)12(3)15-18-13(4)19-23-15/h5-9,12H,1-4H3. The van der Waals surface area contributed by atoms with Crippen molar-refractivity contribution in [2.24, 2.45) is 0 Å². The zero-order valence-electron chi connectivity index (χ0n) is 13.9. The van der Waals surface area contributed by atoms with Gasteiger partial charge in [0.15, 0.2) is 5.82 Å². The molecule has 0 radical (unpaired) electrons. The van der Waals surface area contributed by atoms with Crippen molar-refractivity contribution in [2.45, 2.75) is 38.1 Å². The zero-order valence-corrected chi connectivity index (χ0v) is 14.7. The molecule has 0 saturated carbocycles. The average Bonchev–Trinajstić information content (AvgIpc) is 3.18. The van der Waals surface area contributed by atoms with Gasteiger partial charge in [-0.25, -0.2) is 13.4 Å². The minimum absolute atomic E-state index is 0.0421. The monoisotopic (exact) mass is 346 g/mol. The molecule has 1 unspecified atom stereocenters. The minimum Gasteiger partial charge on any atom is -0.338 e. The molecule has 2 heterocycles. The number of aromatic nitrogens is 4. The van der Waals surface area contributed by atoms with Crippen LogP contribution in [0, 0.1) is 20.8 Å². The Balaban J connectivity index is 2.11. The van der Waals surface area contributed by atoms with Gasteiger partial charge in [0.1, 0.15) is 5.25 Å². The van der Waals surface area contributed by atoms with E-state index in [4.69, 9.17) is 4.52 Å². The molecule has 3 rings (SSSR count).